The molecular formula is C16H23ClO. The lowest BCUT2D eigenvalue weighted by atomic mass is 9.84. The number of hydrogen-bond acceptors (Lipinski definition) is 1. The molecule has 1 unspecified atom stereocenters. The van der Waals surface area contributed by atoms with E-state index in [2.05, 4.69) is 13.8 Å². The van der Waals surface area contributed by atoms with Crippen LogP contribution in [0.1, 0.15) is 39.7 Å². The number of carbonyl (C=O) groups is 1. The van der Waals surface area contributed by atoms with Gasteiger partial charge in [-0.05, 0) is 30.4 Å². The second kappa shape index (κ2) is 6.94. The topological polar surface area (TPSA) is 17.1 Å². The van der Waals surface area contributed by atoms with E-state index in [4.69, 9.17) is 11.6 Å². The van der Waals surface area contributed by atoms with Crippen molar-refractivity contribution in [3.63, 3.8) is 0 Å². The fourth-order valence-corrected chi connectivity index (χ4v) is 2.48. The molecule has 1 rings (SSSR count). The lowest BCUT2D eigenvalue weighted by Crippen LogP contribution is -2.23. The minimum Gasteiger partial charge on any atom is -0.299 e. The van der Waals surface area contributed by atoms with Crippen LogP contribution < -0.4 is 0 Å². The number of halogens is 1. The van der Waals surface area contributed by atoms with Gasteiger partial charge in [-0.1, -0.05) is 57.5 Å². The van der Waals surface area contributed by atoms with E-state index in [0.29, 0.717) is 11.7 Å². The summed E-state index contributed by atoms with van der Waals surface area (Å²) >= 11 is 6.18. The smallest absolute Gasteiger partial charge is 0.138 e. The fraction of sp³-hybridized carbons (Fsp3) is 0.562. The second-order valence-corrected chi connectivity index (χ2v) is 6.09. The number of benzene rings is 1. The number of carbonyl (C=O) groups excluding carboxylic acids is 1. The highest BCUT2D eigenvalue weighted by atomic mass is 35.5. The van der Waals surface area contributed by atoms with Crippen molar-refractivity contribution in [2.45, 2.75) is 40.5 Å². The van der Waals surface area contributed by atoms with E-state index in [1.165, 1.54) is 0 Å². The van der Waals surface area contributed by atoms with Gasteiger partial charge < -0.3 is 0 Å². The van der Waals surface area contributed by atoms with E-state index in [0.717, 1.165) is 23.4 Å². The van der Waals surface area contributed by atoms with Crippen LogP contribution in [0.5, 0.6) is 0 Å². The summed E-state index contributed by atoms with van der Waals surface area (Å²) in [5.41, 5.74) is 1.08. The monoisotopic (exact) mass is 266 g/mol. The maximum atomic E-state index is 12.3. The van der Waals surface area contributed by atoms with Crippen molar-refractivity contribution < 1.29 is 4.79 Å². The van der Waals surface area contributed by atoms with Gasteiger partial charge in [-0.15, -0.1) is 0 Å². The van der Waals surface area contributed by atoms with Crippen molar-refractivity contribution in [3.05, 3.63) is 34.9 Å². The van der Waals surface area contributed by atoms with Crippen LogP contribution in [-0.4, -0.2) is 5.78 Å². The van der Waals surface area contributed by atoms with Gasteiger partial charge in [-0.2, -0.15) is 0 Å². The highest BCUT2D eigenvalue weighted by molar-refractivity contribution is 6.31. The standard InChI is InChI=1S/C16H23ClO/c1-11(2)9-14(16(18)12(3)4)10-13-7-5-6-8-15(13)17/h5-8,11-12,14H,9-10H2,1-4H3. The molecule has 100 valence electrons. The predicted octanol–water partition coefficient (Wildman–Crippen LogP) is 4.77. The van der Waals surface area contributed by atoms with E-state index in [9.17, 15) is 4.79 Å². The lowest BCUT2D eigenvalue weighted by Gasteiger charge is -2.20. The maximum absolute atomic E-state index is 12.3. The number of hydrogen-bond donors (Lipinski definition) is 0. The molecule has 0 amide bonds. The number of rotatable bonds is 6. The third kappa shape index (κ3) is 4.45. The van der Waals surface area contributed by atoms with E-state index >= 15 is 0 Å². The summed E-state index contributed by atoms with van der Waals surface area (Å²) in [5.74, 6) is 1.06. The summed E-state index contributed by atoms with van der Waals surface area (Å²) in [6, 6.07) is 7.81. The molecule has 1 aromatic carbocycles. The molecule has 0 fully saturated rings. The van der Waals surface area contributed by atoms with Crippen molar-refractivity contribution in [1.82, 2.24) is 0 Å². The van der Waals surface area contributed by atoms with E-state index in [-0.39, 0.29) is 11.8 Å². The van der Waals surface area contributed by atoms with Gasteiger partial charge >= 0.3 is 0 Å². The molecule has 0 saturated heterocycles. The Kier molecular flexibility index (Phi) is 5.87. The quantitative estimate of drug-likeness (QED) is 0.725. The largest absolute Gasteiger partial charge is 0.299 e. The summed E-state index contributed by atoms with van der Waals surface area (Å²) < 4.78 is 0. The predicted molar refractivity (Wildman–Crippen MR) is 77.9 cm³/mol. The van der Waals surface area contributed by atoms with Gasteiger partial charge in [0.05, 0.1) is 0 Å². The summed E-state index contributed by atoms with van der Waals surface area (Å²) in [7, 11) is 0. The van der Waals surface area contributed by atoms with Crippen LogP contribution >= 0.6 is 11.6 Å². The molecule has 0 saturated carbocycles. The Morgan fingerprint density at radius 3 is 2.28 bits per heavy atom. The minimum absolute atomic E-state index is 0.0879. The molecule has 0 aliphatic carbocycles. The van der Waals surface area contributed by atoms with Gasteiger partial charge in [0.1, 0.15) is 5.78 Å². The zero-order chi connectivity index (χ0) is 13.7. The third-order valence-electron chi connectivity index (χ3n) is 3.15. The Morgan fingerprint density at radius 2 is 1.78 bits per heavy atom. The molecule has 0 bridgehead atoms. The Balaban J connectivity index is 2.85. The Bertz CT molecular complexity index is 396. The zero-order valence-electron chi connectivity index (χ0n) is 11.7. The average molecular weight is 267 g/mol. The molecule has 2 heteroatoms. The zero-order valence-corrected chi connectivity index (χ0v) is 12.5. The molecule has 1 aromatic rings. The van der Waals surface area contributed by atoms with Gasteiger partial charge in [-0.25, -0.2) is 0 Å². The molecular weight excluding hydrogens is 244 g/mol. The molecule has 1 nitrogen and oxygen atoms in total. The summed E-state index contributed by atoms with van der Waals surface area (Å²) in [6.45, 7) is 8.27. The SMILES string of the molecule is CC(C)CC(Cc1ccccc1Cl)C(=O)C(C)C. The first kappa shape index (κ1) is 15.2. The van der Waals surface area contributed by atoms with Gasteiger partial charge in [0, 0.05) is 16.9 Å². The van der Waals surface area contributed by atoms with Gasteiger partial charge in [0.15, 0.2) is 0 Å². The molecule has 0 N–H and O–H groups in total. The summed E-state index contributed by atoms with van der Waals surface area (Å²) in [6.07, 6.45) is 1.69. The van der Waals surface area contributed by atoms with Gasteiger partial charge in [0.25, 0.3) is 0 Å². The lowest BCUT2D eigenvalue weighted by molar-refractivity contribution is -0.126. The molecule has 0 spiro atoms. The first-order valence-electron chi connectivity index (χ1n) is 6.69. The van der Waals surface area contributed by atoms with Crippen molar-refractivity contribution >= 4 is 17.4 Å². The fourth-order valence-electron chi connectivity index (χ4n) is 2.27. The van der Waals surface area contributed by atoms with Crippen LogP contribution in [0.2, 0.25) is 5.02 Å². The molecule has 0 aromatic heterocycles. The number of ketones is 1. The first-order chi connectivity index (χ1) is 8.41. The van der Waals surface area contributed by atoms with Crippen LogP contribution in [0.15, 0.2) is 24.3 Å². The van der Waals surface area contributed by atoms with Crippen molar-refractivity contribution in [1.29, 1.82) is 0 Å². The van der Waals surface area contributed by atoms with Gasteiger partial charge in [-0.3, -0.25) is 4.79 Å². The van der Waals surface area contributed by atoms with Crippen molar-refractivity contribution in [3.8, 4) is 0 Å². The maximum Gasteiger partial charge on any atom is 0.138 e. The minimum atomic E-state index is 0.0879. The number of Topliss-reactive ketones (excluding diaryl/α,β-unsaturated/α-hetero) is 1. The Morgan fingerprint density at radius 1 is 1.17 bits per heavy atom. The van der Waals surface area contributed by atoms with Crippen LogP contribution in [0.4, 0.5) is 0 Å². The highest BCUT2D eigenvalue weighted by Gasteiger charge is 2.23. The Labute approximate surface area is 116 Å². The van der Waals surface area contributed by atoms with E-state index in [1.807, 2.05) is 38.1 Å². The molecule has 0 radical (unpaired) electrons. The van der Waals surface area contributed by atoms with Crippen molar-refractivity contribution in [2.24, 2.45) is 17.8 Å². The summed E-state index contributed by atoms with van der Waals surface area (Å²) in [5, 5.41) is 0.766. The molecule has 0 aliphatic rings. The Hall–Kier alpha value is -0.820. The van der Waals surface area contributed by atoms with Crippen molar-refractivity contribution in [2.75, 3.05) is 0 Å². The first-order valence-corrected chi connectivity index (χ1v) is 7.06. The highest BCUT2D eigenvalue weighted by Crippen LogP contribution is 2.25. The third-order valence-corrected chi connectivity index (χ3v) is 3.52. The molecule has 0 heterocycles. The molecule has 18 heavy (non-hydrogen) atoms. The second-order valence-electron chi connectivity index (χ2n) is 5.68. The average Bonchev–Trinajstić information content (AvgIpc) is 2.29. The van der Waals surface area contributed by atoms with Crippen LogP contribution in [0.3, 0.4) is 0 Å². The van der Waals surface area contributed by atoms with Crippen LogP contribution in [-0.2, 0) is 11.2 Å². The molecule has 0 aliphatic heterocycles. The van der Waals surface area contributed by atoms with E-state index in [1.54, 1.807) is 0 Å². The normalized spacial score (nSPS) is 13.1. The van der Waals surface area contributed by atoms with Gasteiger partial charge in [0.2, 0.25) is 0 Å². The van der Waals surface area contributed by atoms with E-state index < -0.39 is 0 Å². The molecule has 1 atom stereocenters. The summed E-state index contributed by atoms with van der Waals surface area (Å²) in [4.78, 5) is 12.3. The van der Waals surface area contributed by atoms with Crippen LogP contribution in [0, 0.1) is 17.8 Å². The van der Waals surface area contributed by atoms with Crippen LogP contribution in [0.25, 0.3) is 0 Å².